The van der Waals surface area contributed by atoms with Crippen molar-refractivity contribution in [1.29, 1.82) is 0 Å². The largest absolute Gasteiger partial charge is 0.422 e. The van der Waals surface area contributed by atoms with Gasteiger partial charge in [-0.3, -0.25) is 0 Å². The second kappa shape index (κ2) is 44.0. The molecule has 5 saturated heterocycles. The Morgan fingerprint density at radius 1 is 0.366 bits per heavy atom. The highest BCUT2D eigenvalue weighted by molar-refractivity contribution is 6.46. The molecule has 8 aliphatic rings. The molecule has 5 aliphatic heterocycles. The summed E-state index contributed by atoms with van der Waals surface area (Å²) in [4.78, 5) is 52.9. The number of nitrogen functional groups attached to an aromatic ring is 5. The lowest BCUT2D eigenvalue weighted by Gasteiger charge is -2.41. The summed E-state index contributed by atoms with van der Waals surface area (Å²) in [5, 5.41) is 46.0. The molecule has 49 heteroatoms. The molecule has 23 rings (SSSR count). The van der Waals surface area contributed by atoms with E-state index in [9.17, 15) is 0 Å². The van der Waals surface area contributed by atoms with Crippen LogP contribution in [0.2, 0.25) is 50.2 Å². The van der Waals surface area contributed by atoms with Crippen molar-refractivity contribution in [1.82, 2.24) is 106 Å². The first-order valence-corrected chi connectivity index (χ1v) is 49.9. The van der Waals surface area contributed by atoms with E-state index in [1.807, 2.05) is 6.92 Å². The van der Waals surface area contributed by atoms with E-state index in [1.165, 1.54) is 32.0 Å². The van der Waals surface area contributed by atoms with E-state index in [-0.39, 0.29) is 106 Å². The first-order valence-electron chi connectivity index (χ1n) is 46.1. The van der Waals surface area contributed by atoms with Crippen LogP contribution in [0.3, 0.4) is 0 Å². The Morgan fingerprint density at radius 3 is 1.03 bits per heavy atom. The molecule has 6 unspecified atom stereocenters. The number of anilines is 8. The number of hydrogen-bond donors (Lipinski definition) is 10. The third kappa shape index (κ3) is 21.6. The highest BCUT2D eigenvalue weighted by Gasteiger charge is 2.49. The Balaban J connectivity index is 0.000000115. The van der Waals surface area contributed by atoms with Crippen LogP contribution in [0.15, 0.2) is 145 Å². The quantitative estimate of drug-likeness (QED) is 0.0479. The van der Waals surface area contributed by atoms with Gasteiger partial charge >= 0.3 is 0 Å². The number of halogens is 10. The summed E-state index contributed by atoms with van der Waals surface area (Å²) in [5.74, 6) is 19.3. The lowest BCUT2D eigenvalue weighted by atomic mass is 9.73. The van der Waals surface area contributed by atoms with Crippen LogP contribution in [0.5, 0.6) is 0 Å². The number of piperidine rings is 1. The molecule has 5 aromatic carbocycles. The summed E-state index contributed by atoms with van der Waals surface area (Å²) in [6, 6.07) is 26.8. The number of nitrogens with zero attached hydrogens (tertiary/aromatic N) is 23. The molecule has 3 aliphatic carbocycles. The van der Waals surface area contributed by atoms with E-state index in [2.05, 4.69) is 125 Å². The Hall–Kier alpha value is -12.6. The fourth-order valence-corrected chi connectivity index (χ4v) is 21.4. The Morgan fingerprint density at radius 2 is 0.703 bits per heavy atom. The van der Waals surface area contributed by atoms with Crippen molar-refractivity contribution >= 4 is 163 Å². The van der Waals surface area contributed by atoms with Gasteiger partial charge in [0.2, 0.25) is 32.0 Å². The van der Waals surface area contributed by atoms with Crippen molar-refractivity contribution in [3.05, 3.63) is 185 Å². The van der Waals surface area contributed by atoms with Crippen LogP contribution in [0.4, 0.5) is 46.5 Å². The minimum atomic E-state index is -0.0200. The Kier molecular flexibility index (Phi) is 30.6. The molecule has 0 bridgehead atoms. The fourth-order valence-electron chi connectivity index (χ4n) is 19.4. The normalized spacial score (nSPS) is 21.0. The Labute approximate surface area is 879 Å². The standard InChI is InChI=1S/C21H23Cl2N7O2.C19H19Cl2N7O.2C19H16Cl2N6O.C18H17Cl2N7O/c1-11-17(24)21(9-31-11)5-7-30(8-6-21)19-16(20-29-26-10-32-20)27-15(18(25)28-19)12-3-2-4-13(22)14(12)23;20-13-3-1-2-12(14(13)21)15-17(23)26-18(16(25-15)19-27-24-8-29-19)28-6-9-4-11(22)5-10(9)7-28;20-12-5-2-4-11(15(12)21)16-18(23)25-14(8-7-10-3-1-6-13(10)22)17(26-16)19-27-24-9-28-19;20-13-3-1-2-12(15(13)21)16-18(23)25-14(7-5-10-4-6-11(22)8-10)17(26-16)19-27-24-9-28-19;19-12-3-1-2-11(13(12)20)14-16(21)25-17(15(24-14)18-26-23-8-28-18)27-6-9-4-22-5-10(9)7-27/h2-4,10-11,17H,5-9,24H2,1H3,(H2,25,28);1-3,8-11H,4-7,22H2,(H2,23,26);2,4-5,9-10,13H,1,3,6,22H2,(H2,23,25);1-3,9-11H,4,6,8,22H2,(H2,23,25);1-3,8-10,22H,4-7H2,(H2,21,25)/t11-,17+;;10?,13-;10?,11-;/m0.11./s1. The van der Waals surface area contributed by atoms with Crippen LogP contribution < -0.4 is 71.6 Å². The van der Waals surface area contributed by atoms with Crippen LogP contribution in [0.25, 0.3) is 114 Å². The summed E-state index contributed by atoms with van der Waals surface area (Å²) in [7, 11) is 0. The summed E-state index contributed by atoms with van der Waals surface area (Å²) in [5.41, 5.74) is 63.6. The number of ether oxygens (including phenoxy) is 1. The molecule has 145 heavy (non-hydrogen) atoms. The average Bonchev–Trinajstić information content (AvgIpc) is 1.71. The summed E-state index contributed by atoms with van der Waals surface area (Å²) >= 11 is 62.7. The lowest BCUT2D eigenvalue weighted by molar-refractivity contribution is 0.0974. The number of aromatic nitrogens is 20. The van der Waals surface area contributed by atoms with Gasteiger partial charge in [-0.2, -0.15) is 0 Å². The van der Waals surface area contributed by atoms with Gasteiger partial charge < -0.3 is 98.4 Å². The van der Waals surface area contributed by atoms with Gasteiger partial charge in [-0.05, 0) is 131 Å². The fraction of sp³-hybridized carbons (Fsp3) is 0.333. The predicted octanol–water partition coefficient (Wildman–Crippen LogP) is 16.5. The highest BCUT2D eigenvalue weighted by atomic mass is 35.5. The maximum absolute atomic E-state index is 6.47. The second-order valence-electron chi connectivity index (χ2n) is 36.1. The first-order chi connectivity index (χ1) is 70.1. The average molecular weight is 2160 g/mol. The van der Waals surface area contributed by atoms with Crippen molar-refractivity contribution in [3.8, 4) is 138 Å². The number of fused-ring (bicyclic) bond motifs is 2. The van der Waals surface area contributed by atoms with Gasteiger partial charge in [0.05, 0.1) is 62.9 Å². The van der Waals surface area contributed by atoms with Crippen LogP contribution in [-0.2, 0) is 4.74 Å². The zero-order valence-corrected chi connectivity index (χ0v) is 84.6. The topological polar surface area (TPSA) is 589 Å². The van der Waals surface area contributed by atoms with Crippen molar-refractivity contribution in [2.75, 3.05) is 102 Å². The third-order valence-corrected chi connectivity index (χ3v) is 31.0. The van der Waals surface area contributed by atoms with Gasteiger partial charge in [0.25, 0.3) is 29.5 Å². The second-order valence-corrected chi connectivity index (χ2v) is 40.0. The highest BCUT2D eigenvalue weighted by Crippen LogP contribution is 2.49. The van der Waals surface area contributed by atoms with Crippen LogP contribution in [0, 0.1) is 64.6 Å². The molecule has 746 valence electrons. The smallest absolute Gasteiger partial charge is 0.269 e. The lowest BCUT2D eigenvalue weighted by Crippen LogP contribution is -2.50. The molecule has 10 aromatic heterocycles. The van der Waals surface area contributed by atoms with E-state index in [0.29, 0.717) is 194 Å². The van der Waals surface area contributed by atoms with E-state index in [0.717, 1.165) is 117 Å². The van der Waals surface area contributed by atoms with Crippen molar-refractivity contribution in [2.45, 2.75) is 101 Å². The maximum atomic E-state index is 6.47. The Bertz CT molecular complexity index is 7340. The summed E-state index contributed by atoms with van der Waals surface area (Å²) in [6.45, 7) is 9.66. The van der Waals surface area contributed by atoms with Gasteiger partial charge in [0, 0.05) is 122 Å². The number of benzene rings is 5. The van der Waals surface area contributed by atoms with Crippen LogP contribution in [0.1, 0.15) is 82.5 Å². The van der Waals surface area contributed by atoms with Gasteiger partial charge in [-0.1, -0.05) is 195 Å². The molecule has 15 heterocycles. The van der Waals surface area contributed by atoms with Gasteiger partial charge in [-0.15, -0.1) is 51.0 Å². The number of rotatable bonds is 13. The predicted molar refractivity (Wildman–Crippen MR) is 556 cm³/mol. The molecule has 39 nitrogen and oxygen atoms in total. The third-order valence-electron chi connectivity index (χ3n) is 26.9. The van der Waals surface area contributed by atoms with Gasteiger partial charge in [0.15, 0.2) is 75.0 Å². The number of nitrogens with one attached hydrogen (secondary N) is 1. The minimum Gasteiger partial charge on any atom is -0.422 e. The molecular weight excluding hydrogens is 2070 g/mol. The molecule has 1 spiro atoms. The van der Waals surface area contributed by atoms with Crippen LogP contribution in [-0.4, -0.2) is 190 Å². The van der Waals surface area contributed by atoms with Gasteiger partial charge in [0.1, 0.15) is 39.9 Å². The molecule has 0 radical (unpaired) electrons. The minimum absolute atomic E-state index is 0.0172. The SMILES string of the molecule is C[C@@H]1OCC2(CCN(c3nc(N)c(-c4cccc(Cl)c4Cl)nc3-c3nnco3)CC2)[C@@H]1N.Nc1nc(C#CC2CCC[C@H]2N)c(-c2nnco2)nc1-c1cccc(Cl)c1Cl.Nc1nc(C#CC2CC[C@@H](N)C2)c(-c2nnco2)nc1-c1cccc(Cl)c1Cl.Nc1nc(N2CC3CC(N)CC3C2)c(-c2nnco2)nc1-c1cccc(Cl)c1Cl.Nc1nc(N2CC3CNCC3C2)c(-c2nnco2)nc1-c1cccc(Cl)c1Cl. The van der Waals surface area contributed by atoms with E-state index in [1.54, 1.807) is 91.0 Å². The molecule has 15 aromatic rings. The van der Waals surface area contributed by atoms with Crippen LogP contribution >= 0.6 is 116 Å². The maximum Gasteiger partial charge on any atom is 0.269 e. The molecule has 10 atom stereocenters. The molecule has 3 saturated carbocycles. The molecule has 19 N–H and O–H groups in total. The van der Waals surface area contributed by atoms with Gasteiger partial charge in [-0.25, -0.2) is 49.8 Å². The molecular formula is C96H91Cl10N33O6. The van der Waals surface area contributed by atoms with Crippen molar-refractivity contribution in [3.63, 3.8) is 0 Å². The summed E-state index contributed by atoms with van der Waals surface area (Å²) in [6.07, 6.45) is 15.9. The van der Waals surface area contributed by atoms with Crippen molar-refractivity contribution in [2.24, 2.45) is 63.9 Å². The van der Waals surface area contributed by atoms with E-state index >= 15 is 0 Å². The monoisotopic (exact) mass is 2150 g/mol. The summed E-state index contributed by atoms with van der Waals surface area (Å²) < 4.78 is 32.8. The zero-order chi connectivity index (χ0) is 101. The number of nitrogens with two attached hydrogens (primary N) is 9. The van der Waals surface area contributed by atoms with Crippen molar-refractivity contribution < 1.29 is 26.8 Å². The molecule has 8 fully saturated rings. The van der Waals surface area contributed by atoms with E-state index in [4.69, 9.17) is 214 Å². The molecule has 0 amide bonds. The first kappa shape index (κ1) is 101. The zero-order valence-electron chi connectivity index (χ0n) is 77.0. The number of hydrogen-bond acceptors (Lipinski definition) is 39. The van der Waals surface area contributed by atoms with E-state index < -0.39 is 0 Å².